The third-order valence-corrected chi connectivity index (χ3v) is 5.87. The number of carboxylic acid groups (broad SMARTS) is 1. The molecule has 10 nitrogen and oxygen atoms in total. The molecule has 1 aliphatic rings. The number of carbonyl (C=O) groups excluding carboxylic acids is 2. The van der Waals surface area contributed by atoms with Gasteiger partial charge in [0.2, 0.25) is 17.7 Å². The van der Waals surface area contributed by atoms with Crippen molar-refractivity contribution in [3.63, 3.8) is 0 Å². The SMILES string of the molecule is CC(/C=C/C=C/C=C/C=C/C=C(\C)C(=O)N[C@@H](C(=O)O)[C@H](O)C(N)=O)=C\C(C)=C\[C@H]1N=C(/C=C/c2ccc[nH]2)O[C@@H]1C. The quantitative estimate of drug-likeness (QED) is 0.168. The molecule has 0 aromatic carbocycles. The highest BCUT2D eigenvalue weighted by Crippen LogP contribution is 2.18. The number of hydrogen-bond donors (Lipinski definition) is 5. The number of nitrogens with two attached hydrogens (primary N) is 1. The zero-order chi connectivity index (χ0) is 31.1. The lowest BCUT2D eigenvalue weighted by Crippen LogP contribution is -2.53. The smallest absolute Gasteiger partial charge is 0.329 e. The summed E-state index contributed by atoms with van der Waals surface area (Å²) in [6.45, 7) is 7.52. The Morgan fingerprint density at radius 3 is 2.33 bits per heavy atom. The van der Waals surface area contributed by atoms with Gasteiger partial charge in [0, 0.05) is 23.5 Å². The Bertz CT molecular complexity index is 1370. The fraction of sp³-hybridized carbons (Fsp3) is 0.250. The Morgan fingerprint density at radius 1 is 1.05 bits per heavy atom. The number of ether oxygens (including phenoxy) is 1. The number of nitrogens with one attached hydrogen (secondary N) is 2. The van der Waals surface area contributed by atoms with Gasteiger partial charge in [-0.15, -0.1) is 0 Å². The van der Waals surface area contributed by atoms with Crippen LogP contribution in [0.2, 0.25) is 0 Å². The molecule has 2 rings (SSSR count). The highest BCUT2D eigenvalue weighted by Gasteiger charge is 2.32. The Morgan fingerprint density at radius 2 is 1.71 bits per heavy atom. The predicted molar refractivity (Wildman–Crippen MR) is 164 cm³/mol. The fourth-order valence-corrected chi connectivity index (χ4v) is 3.63. The molecule has 6 N–H and O–H groups in total. The van der Waals surface area contributed by atoms with Crippen LogP contribution < -0.4 is 11.1 Å². The van der Waals surface area contributed by atoms with Crippen molar-refractivity contribution in [1.82, 2.24) is 10.3 Å². The molecule has 0 aliphatic carbocycles. The first-order valence-corrected chi connectivity index (χ1v) is 13.3. The first-order valence-electron chi connectivity index (χ1n) is 13.3. The molecule has 42 heavy (non-hydrogen) atoms. The second kappa shape index (κ2) is 17.0. The Balaban J connectivity index is 1.83. The number of aromatic nitrogens is 1. The first kappa shape index (κ1) is 33.2. The monoisotopic (exact) mass is 574 g/mol. The van der Waals surface area contributed by atoms with E-state index in [-0.39, 0.29) is 17.7 Å². The predicted octanol–water partition coefficient (Wildman–Crippen LogP) is 3.69. The molecule has 0 radical (unpaired) electrons. The van der Waals surface area contributed by atoms with E-state index >= 15 is 0 Å². The molecular weight excluding hydrogens is 536 g/mol. The lowest BCUT2D eigenvalue weighted by molar-refractivity contribution is -0.148. The van der Waals surface area contributed by atoms with E-state index in [0.717, 1.165) is 16.8 Å². The summed E-state index contributed by atoms with van der Waals surface area (Å²) in [6, 6.07) is 2.02. The number of carbonyl (C=O) groups is 3. The summed E-state index contributed by atoms with van der Waals surface area (Å²) in [5, 5.41) is 20.7. The van der Waals surface area contributed by atoms with Gasteiger partial charge in [-0.3, -0.25) is 9.59 Å². The molecule has 0 saturated carbocycles. The summed E-state index contributed by atoms with van der Waals surface area (Å²) in [4.78, 5) is 42.1. The number of aliphatic hydroxyl groups is 1. The number of aliphatic imine (C=N–C) groups is 1. The number of rotatable bonds is 14. The number of amides is 2. The molecule has 2 amide bonds. The van der Waals surface area contributed by atoms with Crippen LogP contribution in [-0.4, -0.2) is 63.2 Å². The van der Waals surface area contributed by atoms with Gasteiger partial charge < -0.3 is 31.0 Å². The number of hydrogen-bond acceptors (Lipinski definition) is 6. The van der Waals surface area contributed by atoms with Crippen molar-refractivity contribution >= 4 is 29.8 Å². The van der Waals surface area contributed by atoms with Crippen molar-refractivity contribution in [1.29, 1.82) is 0 Å². The molecule has 4 atom stereocenters. The number of carboxylic acids is 1. The minimum absolute atomic E-state index is 0.0422. The van der Waals surface area contributed by atoms with Gasteiger partial charge in [0.05, 0.1) is 0 Å². The van der Waals surface area contributed by atoms with Crippen LogP contribution in [0.5, 0.6) is 0 Å². The fourth-order valence-electron chi connectivity index (χ4n) is 3.63. The van der Waals surface area contributed by atoms with E-state index in [1.807, 2.05) is 75.6 Å². The molecule has 0 fully saturated rings. The topological polar surface area (TPSA) is 167 Å². The number of aromatic amines is 1. The molecule has 0 saturated heterocycles. The van der Waals surface area contributed by atoms with Crippen LogP contribution in [-0.2, 0) is 19.1 Å². The maximum Gasteiger partial charge on any atom is 0.329 e. The summed E-state index contributed by atoms with van der Waals surface area (Å²) in [5.41, 5.74) is 8.24. The minimum atomic E-state index is -2.04. The summed E-state index contributed by atoms with van der Waals surface area (Å²) >= 11 is 0. The molecule has 1 aliphatic heterocycles. The van der Waals surface area contributed by atoms with E-state index in [1.54, 1.807) is 24.3 Å². The van der Waals surface area contributed by atoms with Gasteiger partial charge >= 0.3 is 5.97 Å². The highest BCUT2D eigenvalue weighted by atomic mass is 16.5. The average molecular weight is 575 g/mol. The Kier molecular flexibility index (Phi) is 13.4. The molecule has 1 aromatic rings. The van der Waals surface area contributed by atoms with Gasteiger partial charge in [-0.2, -0.15) is 0 Å². The van der Waals surface area contributed by atoms with Gasteiger partial charge in [0.1, 0.15) is 12.1 Å². The van der Waals surface area contributed by atoms with Gasteiger partial charge in [-0.1, -0.05) is 78.0 Å². The third kappa shape index (κ3) is 11.6. The Labute approximate surface area is 245 Å². The molecule has 0 bridgehead atoms. The van der Waals surface area contributed by atoms with E-state index in [2.05, 4.69) is 27.4 Å². The number of aliphatic carboxylic acids is 1. The van der Waals surface area contributed by atoms with Crippen LogP contribution in [0.1, 0.15) is 33.4 Å². The lowest BCUT2D eigenvalue weighted by Gasteiger charge is -2.17. The normalized spacial score (nSPS) is 20.1. The van der Waals surface area contributed by atoms with Crippen LogP contribution in [0.15, 0.2) is 113 Å². The Hall–Kier alpha value is -4.96. The number of H-pyrrole nitrogens is 1. The number of aliphatic hydroxyl groups excluding tert-OH is 1. The second-order valence-electron chi connectivity index (χ2n) is 9.54. The molecule has 0 spiro atoms. The number of allylic oxidation sites excluding steroid dienone is 12. The second-order valence-corrected chi connectivity index (χ2v) is 9.54. The molecule has 222 valence electrons. The van der Waals surface area contributed by atoms with Crippen LogP contribution in [0.3, 0.4) is 0 Å². The molecule has 0 unspecified atom stereocenters. The van der Waals surface area contributed by atoms with Crippen LogP contribution in [0, 0.1) is 0 Å². The van der Waals surface area contributed by atoms with Crippen molar-refractivity contribution in [2.45, 2.75) is 52.0 Å². The summed E-state index contributed by atoms with van der Waals surface area (Å²) < 4.78 is 5.85. The van der Waals surface area contributed by atoms with Gasteiger partial charge in [-0.05, 0) is 45.9 Å². The highest BCUT2D eigenvalue weighted by molar-refractivity contribution is 5.97. The maximum absolute atomic E-state index is 12.1. The van der Waals surface area contributed by atoms with Crippen molar-refractivity contribution < 1.29 is 29.3 Å². The molecular formula is C32H38N4O6. The van der Waals surface area contributed by atoms with Crippen LogP contribution >= 0.6 is 0 Å². The van der Waals surface area contributed by atoms with E-state index < -0.39 is 29.9 Å². The largest absolute Gasteiger partial charge is 0.480 e. The zero-order valence-electron chi connectivity index (χ0n) is 24.1. The van der Waals surface area contributed by atoms with Crippen molar-refractivity contribution in [3.05, 3.63) is 114 Å². The summed E-state index contributed by atoms with van der Waals surface area (Å²) in [6.07, 6.45) is 23.7. The first-order chi connectivity index (χ1) is 20.0. The average Bonchev–Trinajstić information content (AvgIpc) is 3.57. The molecule has 1 aromatic heterocycles. The van der Waals surface area contributed by atoms with Gasteiger partial charge in [-0.25, -0.2) is 9.79 Å². The summed E-state index contributed by atoms with van der Waals surface area (Å²) in [5.74, 6) is -2.96. The van der Waals surface area contributed by atoms with Crippen molar-refractivity contribution in [2.24, 2.45) is 10.7 Å². The number of primary amides is 1. The van der Waals surface area contributed by atoms with E-state index in [9.17, 15) is 19.5 Å². The summed E-state index contributed by atoms with van der Waals surface area (Å²) in [7, 11) is 0. The van der Waals surface area contributed by atoms with Gasteiger partial charge in [0.25, 0.3) is 0 Å². The van der Waals surface area contributed by atoms with Crippen molar-refractivity contribution in [2.75, 3.05) is 0 Å². The zero-order valence-corrected chi connectivity index (χ0v) is 24.1. The third-order valence-electron chi connectivity index (χ3n) is 5.87. The van der Waals surface area contributed by atoms with Gasteiger partial charge in [0.15, 0.2) is 12.1 Å². The van der Waals surface area contributed by atoms with E-state index in [0.29, 0.717) is 5.90 Å². The maximum atomic E-state index is 12.1. The van der Waals surface area contributed by atoms with E-state index in [1.165, 1.54) is 13.0 Å². The minimum Gasteiger partial charge on any atom is -0.480 e. The molecule has 10 heteroatoms. The van der Waals surface area contributed by atoms with Crippen LogP contribution in [0.25, 0.3) is 6.08 Å². The van der Waals surface area contributed by atoms with E-state index in [4.69, 9.17) is 15.6 Å². The molecule has 2 heterocycles. The lowest BCUT2D eigenvalue weighted by atomic mass is 10.1. The number of nitrogens with zero attached hydrogens (tertiary/aromatic N) is 1. The van der Waals surface area contributed by atoms with Crippen molar-refractivity contribution in [3.8, 4) is 0 Å². The standard InChI is InChI=1S/C32H38N4O6/c1-21(19-22(2)20-26-24(4)42-27(35-26)17-16-25-15-12-18-34-25)13-10-8-6-5-7-9-11-14-23(3)31(39)36-28(32(40)41)29(37)30(33)38/h5-20,24,26,28-29,34,37H,1-4H3,(H2,33,38)(H,36,39)(H,40,41)/b7-5+,8-6+,11-9+,13-10+,17-16+,21-19+,22-20+,23-14+/t24-,26-,28-,29+/m1/s1. The van der Waals surface area contributed by atoms with Crippen LogP contribution in [0.4, 0.5) is 0 Å².